The second-order valence-electron chi connectivity index (χ2n) is 5.83. The molecule has 1 aromatic rings. The molecule has 1 fully saturated rings. The van der Waals surface area contributed by atoms with Gasteiger partial charge in [0.2, 0.25) is 5.88 Å². The first-order chi connectivity index (χ1) is 11.7. The predicted molar refractivity (Wildman–Crippen MR) is 98.1 cm³/mol. The van der Waals surface area contributed by atoms with E-state index in [1.165, 1.54) is 0 Å². The van der Waals surface area contributed by atoms with Gasteiger partial charge in [0.25, 0.3) is 0 Å². The molecule has 0 aromatic carbocycles. The molecular weight excluding hydrogens is 389 g/mol. The van der Waals surface area contributed by atoms with E-state index < -0.39 is 0 Å². The Labute approximate surface area is 176 Å². The molecule has 1 aromatic heterocycles. The van der Waals surface area contributed by atoms with Gasteiger partial charge in [0.1, 0.15) is 0 Å². The van der Waals surface area contributed by atoms with Crippen molar-refractivity contribution in [2.75, 3.05) is 31.2 Å². The van der Waals surface area contributed by atoms with Crippen molar-refractivity contribution in [3.63, 3.8) is 0 Å². The van der Waals surface area contributed by atoms with Crippen molar-refractivity contribution >= 4 is 5.69 Å². The Morgan fingerprint density at radius 2 is 2.12 bits per heavy atom. The average molecular weight is 416 g/mol. The Bertz CT molecular complexity index is 605. The number of anilines is 1. The van der Waals surface area contributed by atoms with Crippen molar-refractivity contribution < 1.29 is 42.2 Å². The number of hydrogen-bond donors (Lipinski definition) is 0. The Balaban J connectivity index is 0.00000312. The SMILES string of the molecule is CCC/C=C/C(C)=[C-]/C=C(\C)Oc1cc(N2CCOCC2)ccn1.[Y]. The minimum absolute atomic E-state index is 0. The Kier molecular flexibility index (Phi) is 10.9. The number of nitrogens with zero attached hydrogens (tertiary/aromatic N) is 2. The zero-order chi connectivity index (χ0) is 17.2. The number of unbranched alkanes of at least 4 members (excludes halogenated alkanes) is 1. The van der Waals surface area contributed by atoms with E-state index >= 15 is 0 Å². The minimum atomic E-state index is 0. The quantitative estimate of drug-likeness (QED) is 0.377. The van der Waals surface area contributed by atoms with Gasteiger partial charge in [-0.2, -0.15) is 17.7 Å². The molecule has 0 amide bonds. The second-order valence-corrected chi connectivity index (χ2v) is 5.83. The summed E-state index contributed by atoms with van der Waals surface area (Å²) in [5.41, 5.74) is 2.20. The van der Waals surface area contributed by atoms with Crippen LogP contribution in [0.1, 0.15) is 33.6 Å². The monoisotopic (exact) mass is 416 g/mol. The maximum atomic E-state index is 5.81. The molecule has 0 aliphatic carbocycles. The molecule has 0 bridgehead atoms. The van der Waals surface area contributed by atoms with Gasteiger partial charge in [-0.1, -0.05) is 27.2 Å². The van der Waals surface area contributed by atoms with Crippen LogP contribution < -0.4 is 9.64 Å². The maximum Gasteiger partial charge on any atom is 0.208 e. The molecule has 1 aliphatic rings. The molecule has 5 heteroatoms. The molecule has 2 heterocycles. The summed E-state index contributed by atoms with van der Waals surface area (Å²) in [4.78, 5) is 6.58. The van der Waals surface area contributed by atoms with Gasteiger partial charge >= 0.3 is 0 Å². The first-order valence-corrected chi connectivity index (χ1v) is 8.59. The van der Waals surface area contributed by atoms with Gasteiger partial charge in [-0.15, -0.1) is 12.2 Å². The van der Waals surface area contributed by atoms with Gasteiger partial charge in [-0.3, -0.25) is 0 Å². The molecular formula is C20H27N2O2Y-. The van der Waals surface area contributed by atoms with Crippen LogP contribution in [0, 0.1) is 6.08 Å². The number of hydrogen-bond acceptors (Lipinski definition) is 4. The van der Waals surface area contributed by atoms with E-state index in [9.17, 15) is 0 Å². The Morgan fingerprint density at radius 1 is 1.36 bits per heavy atom. The van der Waals surface area contributed by atoms with Crippen LogP contribution in [0.4, 0.5) is 5.69 Å². The van der Waals surface area contributed by atoms with Gasteiger partial charge in [0.15, 0.2) is 0 Å². The number of rotatable bonds is 7. The summed E-state index contributed by atoms with van der Waals surface area (Å²) in [6.07, 6.45) is 13.4. The Morgan fingerprint density at radius 3 is 2.84 bits per heavy atom. The summed E-state index contributed by atoms with van der Waals surface area (Å²) in [5, 5.41) is 0. The largest absolute Gasteiger partial charge is 0.506 e. The maximum absolute atomic E-state index is 5.81. The molecule has 0 unspecified atom stereocenters. The first-order valence-electron chi connectivity index (χ1n) is 8.59. The van der Waals surface area contributed by atoms with E-state index in [1.807, 2.05) is 32.1 Å². The summed E-state index contributed by atoms with van der Waals surface area (Å²) in [7, 11) is 0. The van der Waals surface area contributed by atoms with Crippen LogP contribution in [-0.2, 0) is 37.4 Å². The molecule has 0 atom stereocenters. The van der Waals surface area contributed by atoms with Crippen molar-refractivity contribution in [2.45, 2.75) is 33.6 Å². The molecule has 2 rings (SSSR count). The summed E-state index contributed by atoms with van der Waals surface area (Å²) < 4.78 is 11.2. The Hall–Kier alpha value is -0.966. The molecule has 0 spiro atoms. The van der Waals surface area contributed by atoms with E-state index in [0.717, 1.165) is 56.2 Å². The number of pyridine rings is 1. The van der Waals surface area contributed by atoms with Crippen molar-refractivity contribution in [1.82, 2.24) is 4.98 Å². The van der Waals surface area contributed by atoms with E-state index in [0.29, 0.717) is 5.88 Å². The fourth-order valence-electron chi connectivity index (χ4n) is 2.36. The molecule has 4 nitrogen and oxygen atoms in total. The van der Waals surface area contributed by atoms with Crippen LogP contribution in [0.15, 0.2) is 47.9 Å². The summed E-state index contributed by atoms with van der Waals surface area (Å²) in [5.74, 6) is 1.37. The third kappa shape index (κ3) is 8.30. The van der Waals surface area contributed by atoms with Crippen LogP contribution >= 0.6 is 0 Å². The molecule has 1 aliphatic heterocycles. The molecule has 133 valence electrons. The third-order valence-electron chi connectivity index (χ3n) is 3.69. The van der Waals surface area contributed by atoms with Crippen LogP contribution in [0.2, 0.25) is 0 Å². The van der Waals surface area contributed by atoms with Crippen LogP contribution in [-0.4, -0.2) is 31.3 Å². The van der Waals surface area contributed by atoms with E-state index in [-0.39, 0.29) is 32.7 Å². The van der Waals surface area contributed by atoms with Gasteiger partial charge in [0.05, 0.1) is 13.2 Å². The second kappa shape index (κ2) is 12.4. The van der Waals surface area contributed by atoms with E-state index in [4.69, 9.17) is 9.47 Å². The normalized spacial score (nSPS) is 16.0. The third-order valence-corrected chi connectivity index (χ3v) is 3.69. The predicted octanol–water partition coefficient (Wildman–Crippen LogP) is 4.30. The molecule has 1 saturated heterocycles. The zero-order valence-electron chi connectivity index (χ0n) is 15.5. The smallest absolute Gasteiger partial charge is 0.208 e. The molecule has 1 radical (unpaired) electrons. The average Bonchev–Trinajstić information content (AvgIpc) is 2.61. The van der Waals surface area contributed by atoms with E-state index in [1.54, 1.807) is 6.20 Å². The van der Waals surface area contributed by atoms with Gasteiger partial charge in [0, 0.05) is 69.5 Å². The topological polar surface area (TPSA) is 34.6 Å². The van der Waals surface area contributed by atoms with Crippen molar-refractivity contribution in [3.05, 3.63) is 54.0 Å². The van der Waals surface area contributed by atoms with Crippen LogP contribution in [0.5, 0.6) is 5.88 Å². The van der Waals surface area contributed by atoms with Crippen molar-refractivity contribution in [2.24, 2.45) is 0 Å². The first kappa shape index (κ1) is 22.1. The summed E-state index contributed by atoms with van der Waals surface area (Å²) in [6.45, 7) is 9.45. The zero-order valence-corrected chi connectivity index (χ0v) is 18.3. The van der Waals surface area contributed by atoms with Gasteiger partial charge in [-0.05, 0) is 12.5 Å². The summed E-state index contributed by atoms with van der Waals surface area (Å²) in [6, 6.07) is 3.98. The van der Waals surface area contributed by atoms with Gasteiger partial charge in [-0.25, -0.2) is 4.98 Å². The van der Waals surface area contributed by atoms with E-state index in [2.05, 4.69) is 35.0 Å². The fourth-order valence-corrected chi connectivity index (χ4v) is 2.36. The van der Waals surface area contributed by atoms with Crippen LogP contribution in [0.3, 0.4) is 0 Å². The number of ether oxygens (including phenoxy) is 2. The number of aromatic nitrogens is 1. The number of morpholine rings is 1. The molecule has 25 heavy (non-hydrogen) atoms. The van der Waals surface area contributed by atoms with Crippen molar-refractivity contribution in [1.29, 1.82) is 0 Å². The van der Waals surface area contributed by atoms with Crippen LogP contribution in [0.25, 0.3) is 0 Å². The molecule has 0 N–H and O–H groups in total. The minimum Gasteiger partial charge on any atom is -0.506 e. The fraction of sp³-hybridized carbons (Fsp3) is 0.450. The van der Waals surface area contributed by atoms with Crippen molar-refractivity contribution in [3.8, 4) is 5.88 Å². The molecule has 0 saturated carbocycles. The standard InChI is InChI=1S/C20H27N2O2.Y/c1-4-5-6-7-17(2)8-9-18(3)24-20-16-19(10-11-21-20)22-12-14-23-15-13-22;/h6-7,9-11,16H,4-5,12-15H2,1-3H3;/q-1;/b7-6+,18-9+;. The number of allylic oxidation sites excluding steroid dienone is 6. The van der Waals surface area contributed by atoms with Gasteiger partial charge < -0.3 is 14.4 Å². The summed E-state index contributed by atoms with van der Waals surface area (Å²) >= 11 is 0.